The Morgan fingerprint density at radius 2 is 2.00 bits per heavy atom. The summed E-state index contributed by atoms with van der Waals surface area (Å²) in [6, 6.07) is 5.71. The molecular weight excluding hydrogens is 363 g/mol. The molecule has 26 heavy (non-hydrogen) atoms. The van der Waals surface area contributed by atoms with E-state index in [1.807, 2.05) is 0 Å². The maximum absolute atomic E-state index is 13.9. The lowest BCUT2D eigenvalue weighted by Gasteiger charge is -2.33. The Bertz CT molecular complexity index is 811. The van der Waals surface area contributed by atoms with Crippen molar-refractivity contribution in [1.29, 1.82) is 0 Å². The lowest BCUT2D eigenvalue weighted by atomic mass is 9.94. The number of hydrogen-bond acceptors (Lipinski definition) is 6. The third-order valence-corrected chi connectivity index (χ3v) is 6.58. The first-order chi connectivity index (χ1) is 12.4. The van der Waals surface area contributed by atoms with E-state index in [1.165, 1.54) is 24.3 Å². The molecule has 1 atom stereocenters. The Morgan fingerprint density at radius 3 is 2.65 bits per heavy atom. The number of carbonyl (C=O) groups excluding carboxylic acids is 1. The van der Waals surface area contributed by atoms with Crippen LogP contribution in [0.15, 0.2) is 35.9 Å². The van der Waals surface area contributed by atoms with E-state index >= 15 is 0 Å². The van der Waals surface area contributed by atoms with Crippen molar-refractivity contribution in [2.75, 3.05) is 19.8 Å². The Hall–Kier alpha value is -1.77. The summed E-state index contributed by atoms with van der Waals surface area (Å²) in [4.78, 5) is 12.4. The molecule has 142 valence electrons. The minimum absolute atomic E-state index is 0.00339. The number of carbonyl (C=O) groups is 1. The molecule has 1 unspecified atom stereocenters. The van der Waals surface area contributed by atoms with Crippen LogP contribution in [0.25, 0.3) is 0 Å². The van der Waals surface area contributed by atoms with E-state index in [-0.39, 0.29) is 24.2 Å². The molecular formula is C18H21FO6S. The fourth-order valence-electron chi connectivity index (χ4n) is 3.30. The van der Waals surface area contributed by atoms with Crippen LogP contribution < -0.4 is 0 Å². The van der Waals surface area contributed by atoms with Crippen molar-refractivity contribution in [2.45, 2.75) is 36.6 Å². The second-order valence-corrected chi connectivity index (χ2v) is 8.44. The Morgan fingerprint density at radius 1 is 1.31 bits per heavy atom. The van der Waals surface area contributed by atoms with E-state index in [2.05, 4.69) is 0 Å². The molecule has 1 saturated heterocycles. The SMILES string of the molecule is CCOC(=O)C1=CC2(CCC1S(=O)(=O)Cc1ccccc1F)OCCO2. The van der Waals surface area contributed by atoms with E-state index < -0.39 is 38.4 Å². The van der Waals surface area contributed by atoms with Gasteiger partial charge in [-0.15, -0.1) is 0 Å². The molecule has 0 N–H and O–H groups in total. The Kier molecular flexibility index (Phi) is 5.45. The van der Waals surface area contributed by atoms with Gasteiger partial charge in [0.2, 0.25) is 0 Å². The first-order valence-corrected chi connectivity index (χ1v) is 10.2. The van der Waals surface area contributed by atoms with Crippen molar-refractivity contribution in [1.82, 2.24) is 0 Å². The molecule has 0 aromatic heterocycles. The number of esters is 1. The Balaban J connectivity index is 1.93. The molecule has 2 aliphatic rings. The number of rotatable bonds is 5. The minimum Gasteiger partial charge on any atom is -0.463 e. The normalized spacial score (nSPS) is 22.2. The van der Waals surface area contributed by atoms with Crippen molar-refractivity contribution in [2.24, 2.45) is 0 Å². The summed E-state index contributed by atoms with van der Waals surface area (Å²) < 4.78 is 55.9. The molecule has 6 nitrogen and oxygen atoms in total. The fraction of sp³-hybridized carbons (Fsp3) is 0.500. The summed E-state index contributed by atoms with van der Waals surface area (Å²) >= 11 is 0. The number of ether oxygens (including phenoxy) is 3. The van der Waals surface area contributed by atoms with Crippen LogP contribution in [-0.2, 0) is 34.6 Å². The number of benzene rings is 1. The van der Waals surface area contributed by atoms with Crippen molar-refractivity contribution in [3.8, 4) is 0 Å². The molecule has 1 aromatic carbocycles. The van der Waals surface area contributed by atoms with E-state index in [0.29, 0.717) is 19.6 Å². The smallest absolute Gasteiger partial charge is 0.335 e. The van der Waals surface area contributed by atoms with Gasteiger partial charge in [0.1, 0.15) is 5.82 Å². The summed E-state index contributed by atoms with van der Waals surface area (Å²) in [7, 11) is -3.84. The molecule has 1 aliphatic heterocycles. The Labute approximate surface area is 151 Å². The first-order valence-electron chi connectivity index (χ1n) is 8.50. The molecule has 0 bridgehead atoms. The molecule has 0 radical (unpaired) electrons. The number of sulfone groups is 1. The molecule has 1 aromatic rings. The van der Waals surface area contributed by atoms with Gasteiger partial charge in [-0.3, -0.25) is 0 Å². The third kappa shape index (κ3) is 3.82. The number of hydrogen-bond donors (Lipinski definition) is 0. The zero-order chi connectivity index (χ0) is 18.8. The summed E-state index contributed by atoms with van der Waals surface area (Å²) in [5.41, 5.74) is 0.0701. The summed E-state index contributed by atoms with van der Waals surface area (Å²) in [5.74, 6) is -2.87. The molecule has 0 amide bonds. The molecule has 1 spiro atoms. The van der Waals surface area contributed by atoms with Crippen molar-refractivity contribution < 1.29 is 31.8 Å². The average Bonchev–Trinajstić information content (AvgIpc) is 3.04. The van der Waals surface area contributed by atoms with Crippen LogP contribution in [0.4, 0.5) is 4.39 Å². The van der Waals surface area contributed by atoms with Gasteiger partial charge in [-0.2, -0.15) is 0 Å². The summed E-state index contributed by atoms with van der Waals surface area (Å²) in [6.07, 6.45) is 1.86. The van der Waals surface area contributed by atoms with E-state index in [0.717, 1.165) is 0 Å². The maximum Gasteiger partial charge on any atom is 0.335 e. The van der Waals surface area contributed by atoms with Crippen LogP contribution in [0.3, 0.4) is 0 Å². The van der Waals surface area contributed by atoms with Crippen LogP contribution in [0.1, 0.15) is 25.3 Å². The molecule has 8 heteroatoms. The van der Waals surface area contributed by atoms with Crippen LogP contribution in [0, 0.1) is 5.82 Å². The predicted molar refractivity (Wildman–Crippen MR) is 91.4 cm³/mol. The lowest BCUT2D eigenvalue weighted by Crippen LogP contribution is -2.41. The summed E-state index contributed by atoms with van der Waals surface area (Å²) in [6.45, 7) is 2.51. The van der Waals surface area contributed by atoms with Gasteiger partial charge in [-0.05, 0) is 25.5 Å². The van der Waals surface area contributed by atoms with Gasteiger partial charge in [-0.25, -0.2) is 17.6 Å². The molecule has 1 aliphatic carbocycles. The molecule has 3 rings (SSSR count). The highest BCUT2D eigenvalue weighted by Crippen LogP contribution is 2.38. The lowest BCUT2D eigenvalue weighted by molar-refractivity contribution is -0.143. The standard InChI is InChI=1S/C18H21FO6S/c1-2-23-17(20)14-11-18(24-9-10-25-18)8-7-16(14)26(21,22)12-13-5-3-4-6-15(13)19/h3-6,11,16H,2,7-10,12H2,1H3. The van der Waals surface area contributed by atoms with Gasteiger partial charge in [0.15, 0.2) is 15.6 Å². The largest absolute Gasteiger partial charge is 0.463 e. The van der Waals surface area contributed by atoms with E-state index in [1.54, 1.807) is 13.0 Å². The van der Waals surface area contributed by atoms with Gasteiger partial charge in [0.25, 0.3) is 0 Å². The molecule has 0 saturated carbocycles. The first kappa shape index (κ1) is 19.0. The quantitative estimate of drug-likeness (QED) is 0.724. The van der Waals surface area contributed by atoms with Gasteiger partial charge in [0, 0.05) is 12.0 Å². The second kappa shape index (κ2) is 7.46. The van der Waals surface area contributed by atoms with Crippen LogP contribution >= 0.6 is 0 Å². The highest BCUT2D eigenvalue weighted by molar-refractivity contribution is 7.91. The monoisotopic (exact) mass is 384 g/mol. The fourth-order valence-corrected chi connectivity index (χ4v) is 5.20. The highest BCUT2D eigenvalue weighted by atomic mass is 32.2. The molecule has 1 fully saturated rings. The molecule has 1 heterocycles. The van der Waals surface area contributed by atoms with Crippen molar-refractivity contribution >= 4 is 15.8 Å². The zero-order valence-corrected chi connectivity index (χ0v) is 15.3. The zero-order valence-electron chi connectivity index (χ0n) is 14.4. The topological polar surface area (TPSA) is 78.9 Å². The van der Waals surface area contributed by atoms with Gasteiger partial charge in [-0.1, -0.05) is 18.2 Å². The summed E-state index contributed by atoms with van der Waals surface area (Å²) in [5, 5.41) is -1.08. The third-order valence-electron chi connectivity index (χ3n) is 4.51. The van der Waals surface area contributed by atoms with Gasteiger partial charge in [0.05, 0.1) is 36.4 Å². The van der Waals surface area contributed by atoms with Crippen LogP contribution in [0.5, 0.6) is 0 Å². The van der Waals surface area contributed by atoms with Crippen LogP contribution in [-0.4, -0.2) is 45.2 Å². The van der Waals surface area contributed by atoms with E-state index in [9.17, 15) is 17.6 Å². The second-order valence-electron chi connectivity index (χ2n) is 6.25. The van der Waals surface area contributed by atoms with Gasteiger partial charge >= 0.3 is 5.97 Å². The van der Waals surface area contributed by atoms with E-state index in [4.69, 9.17) is 14.2 Å². The number of halogens is 1. The van der Waals surface area contributed by atoms with Crippen molar-refractivity contribution in [3.63, 3.8) is 0 Å². The van der Waals surface area contributed by atoms with Crippen molar-refractivity contribution in [3.05, 3.63) is 47.3 Å². The van der Waals surface area contributed by atoms with Crippen LogP contribution in [0.2, 0.25) is 0 Å². The predicted octanol–water partition coefficient (Wildman–Crippen LogP) is 2.14. The van der Waals surface area contributed by atoms with Gasteiger partial charge < -0.3 is 14.2 Å². The minimum atomic E-state index is -3.84. The average molecular weight is 384 g/mol. The highest BCUT2D eigenvalue weighted by Gasteiger charge is 2.46. The maximum atomic E-state index is 13.9.